The van der Waals surface area contributed by atoms with Crippen molar-refractivity contribution in [3.8, 4) is 0 Å². The summed E-state index contributed by atoms with van der Waals surface area (Å²) in [4.78, 5) is 5.75. The normalized spacial score (nSPS) is 14.8. The molecule has 0 aliphatic carbocycles. The third-order valence-corrected chi connectivity index (χ3v) is 4.23. The molecule has 5 heteroatoms. The van der Waals surface area contributed by atoms with Crippen molar-refractivity contribution in [1.82, 2.24) is 14.7 Å². The number of fused-ring (bicyclic) bond motifs is 1. The van der Waals surface area contributed by atoms with Crippen molar-refractivity contribution in [2.45, 2.75) is 52.2 Å². The summed E-state index contributed by atoms with van der Waals surface area (Å²) in [5.41, 5.74) is 1.14. The Balaban J connectivity index is 2.07. The van der Waals surface area contributed by atoms with Crippen LogP contribution in [0.3, 0.4) is 0 Å². The van der Waals surface area contributed by atoms with Gasteiger partial charge in [0.1, 0.15) is 0 Å². The maximum absolute atomic E-state index is 5.88. The molecule has 0 amide bonds. The largest absolute Gasteiger partial charge is 0.377 e. The monoisotopic (exact) mass is 295 g/mol. The molecule has 20 heavy (non-hydrogen) atoms. The van der Waals surface area contributed by atoms with Gasteiger partial charge in [0.15, 0.2) is 4.96 Å². The van der Waals surface area contributed by atoms with E-state index < -0.39 is 0 Å². The number of hydrogen-bond donors (Lipinski definition) is 1. The second kappa shape index (κ2) is 7.76. The zero-order valence-corrected chi connectivity index (χ0v) is 13.4. The molecule has 0 saturated heterocycles. The van der Waals surface area contributed by atoms with Crippen molar-refractivity contribution in [3.63, 3.8) is 0 Å². The molecule has 2 atom stereocenters. The van der Waals surface area contributed by atoms with Gasteiger partial charge >= 0.3 is 0 Å². The lowest BCUT2D eigenvalue weighted by atomic mass is 10.0. The highest BCUT2D eigenvalue weighted by Gasteiger charge is 2.21. The molecule has 2 aromatic rings. The second-order valence-electron chi connectivity index (χ2n) is 4.99. The van der Waals surface area contributed by atoms with Gasteiger partial charge in [-0.25, -0.2) is 4.98 Å². The molecule has 1 N–H and O–H groups in total. The highest BCUT2D eigenvalue weighted by molar-refractivity contribution is 7.15. The Morgan fingerprint density at radius 3 is 2.90 bits per heavy atom. The van der Waals surface area contributed by atoms with Crippen molar-refractivity contribution >= 4 is 16.3 Å². The Hall–Kier alpha value is -0.910. The van der Waals surface area contributed by atoms with E-state index in [0.29, 0.717) is 6.04 Å². The lowest BCUT2D eigenvalue weighted by molar-refractivity contribution is 0.0317. The molecule has 2 heterocycles. The SMILES string of the molecule is CCCNC(Cc1cn2ccsc2n1)C(CC)OCC. The van der Waals surface area contributed by atoms with Gasteiger partial charge in [-0.05, 0) is 26.3 Å². The highest BCUT2D eigenvalue weighted by Crippen LogP contribution is 2.15. The fourth-order valence-corrected chi connectivity index (χ4v) is 3.22. The van der Waals surface area contributed by atoms with Gasteiger partial charge in [-0.1, -0.05) is 13.8 Å². The lowest BCUT2D eigenvalue weighted by Gasteiger charge is -2.26. The van der Waals surface area contributed by atoms with E-state index >= 15 is 0 Å². The number of nitrogens with zero attached hydrogens (tertiary/aromatic N) is 2. The predicted molar refractivity (Wildman–Crippen MR) is 84.6 cm³/mol. The van der Waals surface area contributed by atoms with Crippen LogP contribution in [-0.4, -0.2) is 34.7 Å². The molecule has 0 aliphatic rings. The first kappa shape index (κ1) is 15.5. The summed E-state index contributed by atoms with van der Waals surface area (Å²) in [5.74, 6) is 0. The van der Waals surface area contributed by atoms with Crippen molar-refractivity contribution < 1.29 is 4.74 Å². The fraction of sp³-hybridized carbons (Fsp3) is 0.667. The van der Waals surface area contributed by atoms with E-state index in [1.165, 1.54) is 0 Å². The molecule has 0 aromatic carbocycles. The van der Waals surface area contributed by atoms with Crippen LogP contribution in [0, 0.1) is 0 Å². The fourth-order valence-electron chi connectivity index (χ4n) is 2.50. The van der Waals surface area contributed by atoms with E-state index in [4.69, 9.17) is 4.74 Å². The van der Waals surface area contributed by atoms with Gasteiger partial charge in [0, 0.05) is 36.8 Å². The Kier molecular flexibility index (Phi) is 6.01. The average molecular weight is 295 g/mol. The molecule has 0 bridgehead atoms. The molecule has 4 nitrogen and oxygen atoms in total. The molecule has 2 unspecified atom stereocenters. The minimum Gasteiger partial charge on any atom is -0.377 e. The quantitative estimate of drug-likeness (QED) is 0.772. The summed E-state index contributed by atoms with van der Waals surface area (Å²) >= 11 is 1.68. The summed E-state index contributed by atoms with van der Waals surface area (Å²) < 4.78 is 7.98. The molecular weight excluding hydrogens is 270 g/mol. The molecule has 2 aromatic heterocycles. The standard InChI is InChI=1S/C15H25N3OS/c1-4-7-16-13(14(5-2)19-6-3)10-12-11-18-8-9-20-15(18)17-12/h8-9,11,13-14,16H,4-7,10H2,1-3H3. The number of rotatable bonds is 9. The first-order chi connectivity index (χ1) is 9.78. The van der Waals surface area contributed by atoms with Crippen molar-refractivity contribution in [1.29, 1.82) is 0 Å². The first-order valence-corrected chi connectivity index (χ1v) is 8.42. The van der Waals surface area contributed by atoms with Crippen LogP contribution in [0.2, 0.25) is 0 Å². The Labute approximate surface area is 125 Å². The number of thiazole rings is 1. The maximum atomic E-state index is 5.88. The molecule has 0 spiro atoms. The molecule has 112 valence electrons. The van der Waals surface area contributed by atoms with Crippen molar-refractivity contribution in [2.75, 3.05) is 13.2 Å². The van der Waals surface area contributed by atoms with Crippen LogP contribution in [-0.2, 0) is 11.2 Å². The minimum atomic E-state index is 0.256. The molecular formula is C15H25N3OS. The molecule has 0 aliphatic heterocycles. The number of aromatic nitrogens is 2. The Morgan fingerprint density at radius 2 is 2.25 bits per heavy atom. The van der Waals surface area contributed by atoms with Crippen LogP contribution >= 0.6 is 11.3 Å². The zero-order chi connectivity index (χ0) is 14.4. The number of imidazole rings is 1. The number of ether oxygens (including phenoxy) is 1. The van der Waals surface area contributed by atoms with Gasteiger partial charge in [0.25, 0.3) is 0 Å². The van der Waals surface area contributed by atoms with Crippen molar-refractivity contribution in [2.24, 2.45) is 0 Å². The van der Waals surface area contributed by atoms with Crippen LogP contribution in [0.25, 0.3) is 4.96 Å². The number of nitrogens with one attached hydrogen (secondary N) is 1. The summed E-state index contributed by atoms with van der Waals surface area (Å²) in [6, 6.07) is 0.338. The highest BCUT2D eigenvalue weighted by atomic mass is 32.1. The van der Waals surface area contributed by atoms with Crippen LogP contribution in [0.15, 0.2) is 17.8 Å². The van der Waals surface area contributed by atoms with E-state index in [-0.39, 0.29) is 6.10 Å². The van der Waals surface area contributed by atoms with E-state index in [2.05, 4.69) is 53.2 Å². The predicted octanol–water partition coefficient (Wildman–Crippen LogP) is 3.12. The van der Waals surface area contributed by atoms with Gasteiger partial charge in [0.05, 0.1) is 11.8 Å². The summed E-state index contributed by atoms with van der Waals surface area (Å²) in [6.45, 7) is 8.23. The molecule has 0 saturated carbocycles. The Morgan fingerprint density at radius 1 is 1.40 bits per heavy atom. The molecule has 0 fully saturated rings. The average Bonchev–Trinajstić information content (AvgIpc) is 3.02. The molecule has 2 rings (SSSR count). The van der Waals surface area contributed by atoms with Gasteiger partial charge in [-0.3, -0.25) is 4.40 Å². The first-order valence-electron chi connectivity index (χ1n) is 7.54. The van der Waals surface area contributed by atoms with Gasteiger partial charge in [0.2, 0.25) is 0 Å². The van der Waals surface area contributed by atoms with Gasteiger partial charge < -0.3 is 10.1 Å². The summed E-state index contributed by atoms with van der Waals surface area (Å²) in [6.07, 6.45) is 7.53. The summed E-state index contributed by atoms with van der Waals surface area (Å²) in [7, 11) is 0. The van der Waals surface area contributed by atoms with Crippen molar-refractivity contribution in [3.05, 3.63) is 23.5 Å². The van der Waals surface area contributed by atoms with E-state index in [1.807, 2.05) is 0 Å². The summed E-state index contributed by atoms with van der Waals surface area (Å²) in [5, 5.41) is 5.68. The smallest absolute Gasteiger partial charge is 0.193 e. The van der Waals surface area contributed by atoms with Crippen LogP contribution in [0.1, 0.15) is 39.3 Å². The number of hydrogen-bond acceptors (Lipinski definition) is 4. The lowest BCUT2D eigenvalue weighted by Crippen LogP contribution is -2.43. The third kappa shape index (κ3) is 3.81. The minimum absolute atomic E-state index is 0.256. The second-order valence-corrected chi connectivity index (χ2v) is 5.86. The zero-order valence-electron chi connectivity index (χ0n) is 12.6. The van der Waals surface area contributed by atoms with Gasteiger partial charge in [-0.15, -0.1) is 11.3 Å². The maximum Gasteiger partial charge on any atom is 0.193 e. The van der Waals surface area contributed by atoms with Crippen LogP contribution in [0.4, 0.5) is 0 Å². The molecule has 0 radical (unpaired) electrons. The Bertz CT molecular complexity index is 479. The van der Waals surface area contributed by atoms with Gasteiger partial charge in [-0.2, -0.15) is 0 Å². The topological polar surface area (TPSA) is 38.6 Å². The van der Waals surface area contributed by atoms with E-state index in [1.54, 1.807) is 11.3 Å². The van der Waals surface area contributed by atoms with E-state index in [9.17, 15) is 0 Å². The van der Waals surface area contributed by atoms with E-state index in [0.717, 1.165) is 43.1 Å². The van der Waals surface area contributed by atoms with Crippen LogP contribution < -0.4 is 5.32 Å². The third-order valence-electron chi connectivity index (χ3n) is 3.46. The van der Waals surface area contributed by atoms with Crippen LogP contribution in [0.5, 0.6) is 0 Å².